The molecule has 0 spiro atoms. The molecular weight excluding hydrogens is 402 g/mol. The van der Waals surface area contributed by atoms with Crippen LogP contribution >= 0.6 is 11.8 Å². The molecule has 0 atom stereocenters. The Morgan fingerprint density at radius 1 is 0.931 bits per heavy atom. The number of unbranched alkanes of at least 4 members (excludes halogenated alkanes) is 2. The van der Waals surface area contributed by atoms with Crippen LogP contribution in [0.4, 0.5) is 11.4 Å². The van der Waals surface area contributed by atoms with Gasteiger partial charge in [-0.1, -0.05) is 63.6 Å². The van der Waals surface area contributed by atoms with Crippen LogP contribution in [0.3, 0.4) is 0 Å². The molecule has 0 bridgehead atoms. The number of para-hydroxylation sites is 1. The smallest absolute Gasteiger partial charge is 0.202 e. The molecule has 0 saturated carbocycles. The number of benzene rings is 2. The molecule has 1 aliphatic heterocycles. The number of aryl methyl sites for hydroxylation is 2. The lowest BCUT2D eigenvalue weighted by Crippen LogP contribution is -2.27. The zero-order valence-corrected chi connectivity index (χ0v) is 19.2. The highest BCUT2D eigenvalue weighted by Gasteiger charge is 2.30. The predicted octanol–water partition coefficient (Wildman–Crippen LogP) is 6.65. The first kappa shape index (κ1) is 22.2. The van der Waals surface area contributed by atoms with Crippen molar-refractivity contribution in [2.75, 3.05) is 10.8 Å². The summed E-state index contributed by atoms with van der Waals surface area (Å²) < 4.78 is 30.9. The van der Waals surface area contributed by atoms with E-state index in [9.17, 15) is 8.42 Å². The second-order valence-electron chi connectivity index (χ2n) is 7.51. The molecule has 2 aromatic carbocycles. The maximum atomic E-state index is 12.6. The van der Waals surface area contributed by atoms with Crippen LogP contribution in [0.1, 0.15) is 64.0 Å². The summed E-state index contributed by atoms with van der Waals surface area (Å²) in [5, 5.41) is 1.57. The fraction of sp³-hybridized carbons (Fsp3) is 0.478. The van der Waals surface area contributed by atoms with E-state index in [0.717, 1.165) is 59.7 Å². The highest BCUT2D eigenvalue weighted by Crippen LogP contribution is 2.50. The van der Waals surface area contributed by atoms with Gasteiger partial charge in [0.2, 0.25) is 0 Å². The van der Waals surface area contributed by atoms with E-state index in [-0.39, 0.29) is 5.75 Å². The predicted molar refractivity (Wildman–Crippen MR) is 122 cm³/mol. The lowest BCUT2D eigenvalue weighted by atomic mass is 9.99. The van der Waals surface area contributed by atoms with Crippen LogP contribution in [-0.2, 0) is 27.2 Å². The van der Waals surface area contributed by atoms with Crippen LogP contribution in [0.25, 0.3) is 0 Å². The van der Waals surface area contributed by atoms with Crippen LogP contribution in [0.5, 0.6) is 0 Å². The molecular formula is C23H31NO3S2. The number of fused-ring (bicyclic) bond motifs is 2. The average molecular weight is 434 g/mol. The Kier molecular flexibility index (Phi) is 7.66. The minimum atomic E-state index is -3.66. The number of hydrogen-bond donors (Lipinski definition) is 0. The third-order valence-corrected chi connectivity index (χ3v) is 7.36. The zero-order chi connectivity index (χ0) is 20.9. The van der Waals surface area contributed by atoms with Crippen molar-refractivity contribution in [1.82, 2.24) is 0 Å². The van der Waals surface area contributed by atoms with E-state index in [1.165, 1.54) is 11.1 Å². The molecule has 29 heavy (non-hydrogen) atoms. The molecule has 0 aromatic heterocycles. The molecule has 158 valence electrons. The van der Waals surface area contributed by atoms with Crippen molar-refractivity contribution in [3.63, 3.8) is 0 Å². The molecule has 1 aliphatic rings. The third-order valence-electron chi connectivity index (χ3n) is 4.98. The van der Waals surface area contributed by atoms with Crippen LogP contribution in [0, 0.1) is 0 Å². The van der Waals surface area contributed by atoms with Gasteiger partial charge in [0.1, 0.15) is 0 Å². The lowest BCUT2D eigenvalue weighted by molar-refractivity contribution is 0.318. The van der Waals surface area contributed by atoms with Crippen molar-refractivity contribution in [2.24, 2.45) is 0 Å². The van der Waals surface area contributed by atoms with Crippen molar-refractivity contribution >= 4 is 33.3 Å². The van der Waals surface area contributed by atoms with Gasteiger partial charge >= 0.3 is 0 Å². The molecule has 0 amide bonds. The number of nitrogens with zero attached hydrogens (tertiary/aromatic N) is 1. The average Bonchev–Trinajstić information content (AvgIpc) is 2.69. The molecule has 3 rings (SSSR count). The number of rotatable bonds is 10. The quantitative estimate of drug-likeness (QED) is 0.420. The minimum absolute atomic E-state index is 0.00696. The summed E-state index contributed by atoms with van der Waals surface area (Å²) in [6, 6.07) is 12.3. The van der Waals surface area contributed by atoms with Gasteiger partial charge in [0, 0.05) is 9.79 Å². The van der Waals surface area contributed by atoms with Gasteiger partial charge in [-0.05, 0) is 61.4 Å². The number of anilines is 2. The SMILES string of the molecule is CCCCc1cc(CCCC)c2c(c1)Sc1ccccc1N2OS(=O)(=O)CCC. The Bertz CT molecular complexity index is 941. The monoisotopic (exact) mass is 433 g/mol. The summed E-state index contributed by atoms with van der Waals surface area (Å²) in [6.07, 6.45) is 6.94. The Balaban J connectivity index is 2.12. The molecule has 2 aromatic rings. The summed E-state index contributed by atoms with van der Waals surface area (Å²) in [6.45, 7) is 6.23. The first-order valence-corrected chi connectivity index (χ1v) is 13.0. The van der Waals surface area contributed by atoms with Gasteiger partial charge in [-0.3, -0.25) is 0 Å². The topological polar surface area (TPSA) is 46.6 Å². The standard InChI is InChI=1S/C23H31NO3S2/c1-4-7-11-18-16-19(12-8-5-2)23-22(17-18)28-21-14-10-9-13-20(21)24(23)27-29(25,26)15-6-3/h9-10,13-14,16-17H,4-8,11-12,15H2,1-3H3. The molecule has 0 N–H and O–H groups in total. The van der Waals surface area contributed by atoms with E-state index in [0.29, 0.717) is 6.42 Å². The van der Waals surface area contributed by atoms with Crippen LogP contribution in [-0.4, -0.2) is 14.2 Å². The maximum Gasteiger partial charge on any atom is 0.288 e. The van der Waals surface area contributed by atoms with Gasteiger partial charge < -0.3 is 0 Å². The van der Waals surface area contributed by atoms with Crippen molar-refractivity contribution in [1.29, 1.82) is 0 Å². The highest BCUT2D eigenvalue weighted by atomic mass is 32.2. The van der Waals surface area contributed by atoms with E-state index in [4.69, 9.17) is 4.28 Å². The van der Waals surface area contributed by atoms with Gasteiger partial charge in [-0.15, -0.1) is 4.28 Å². The Hall–Kier alpha value is -1.50. The second kappa shape index (κ2) is 10.0. The highest BCUT2D eigenvalue weighted by molar-refractivity contribution is 7.99. The van der Waals surface area contributed by atoms with Gasteiger partial charge in [0.05, 0.1) is 17.1 Å². The third kappa shape index (κ3) is 5.36. The van der Waals surface area contributed by atoms with Gasteiger partial charge in [-0.25, -0.2) is 5.06 Å². The Morgan fingerprint density at radius 3 is 2.38 bits per heavy atom. The molecule has 4 nitrogen and oxygen atoms in total. The van der Waals surface area contributed by atoms with Gasteiger partial charge in [-0.2, -0.15) is 8.42 Å². The van der Waals surface area contributed by atoms with Crippen LogP contribution < -0.4 is 5.06 Å². The summed E-state index contributed by atoms with van der Waals surface area (Å²) >= 11 is 1.70. The summed E-state index contributed by atoms with van der Waals surface area (Å²) in [5.41, 5.74) is 4.18. The van der Waals surface area contributed by atoms with Crippen molar-refractivity contribution in [2.45, 2.75) is 75.5 Å². The van der Waals surface area contributed by atoms with E-state index >= 15 is 0 Å². The fourth-order valence-corrected chi connectivity index (χ4v) is 5.67. The van der Waals surface area contributed by atoms with Crippen LogP contribution in [0.15, 0.2) is 46.2 Å². The van der Waals surface area contributed by atoms with E-state index in [1.807, 2.05) is 31.2 Å². The molecule has 0 aliphatic carbocycles. The minimum Gasteiger partial charge on any atom is -0.202 e. The lowest BCUT2D eigenvalue weighted by Gasteiger charge is -2.33. The Labute approximate surface area is 179 Å². The van der Waals surface area contributed by atoms with Crippen molar-refractivity contribution < 1.29 is 12.7 Å². The maximum absolute atomic E-state index is 12.6. The van der Waals surface area contributed by atoms with Gasteiger partial charge in [0.25, 0.3) is 10.1 Å². The molecule has 6 heteroatoms. The molecule has 0 saturated heterocycles. The van der Waals surface area contributed by atoms with E-state index < -0.39 is 10.1 Å². The largest absolute Gasteiger partial charge is 0.288 e. The number of hydrogen-bond acceptors (Lipinski definition) is 5. The Morgan fingerprint density at radius 2 is 1.66 bits per heavy atom. The molecule has 0 radical (unpaired) electrons. The molecule has 1 heterocycles. The van der Waals surface area contributed by atoms with Crippen molar-refractivity contribution in [3.8, 4) is 0 Å². The van der Waals surface area contributed by atoms with E-state index in [1.54, 1.807) is 16.8 Å². The first-order chi connectivity index (χ1) is 14.0. The molecule has 0 fully saturated rings. The molecule has 0 unspecified atom stereocenters. The first-order valence-electron chi connectivity index (χ1n) is 10.6. The van der Waals surface area contributed by atoms with Crippen LogP contribution in [0.2, 0.25) is 0 Å². The van der Waals surface area contributed by atoms with E-state index in [2.05, 4.69) is 26.0 Å². The van der Waals surface area contributed by atoms with Gasteiger partial charge in [0.15, 0.2) is 0 Å². The second-order valence-corrected chi connectivity index (χ2v) is 10.3. The summed E-state index contributed by atoms with van der Waals surface area (Å²) in [7, 11) is -3.66. The van der Waals surface area contributed by atoms with Crippen molar-refractivity contribution in [3.05, 3.63) is 47.5 Å². The summed E-state index contributed by atoms with van der Waals surface area (Å²) in [5.74, 6) is 0.00696. The fourth-order valence-electron chi connectivity index (χ4n) is 3.55. The zero-order valence-electron chi connectivity index (χ0n) is 17.6. The normalized spacial score (nSPS) is 13.3. The summed E-state index contributed by atoms with van der Waals surface area (Å²) in [4.78, 5) is 2.09.